The van der Waals surface area contributed by atoms with Crippen molar-refractivity contribution in [2.75, 3.05) is 0 Å². The lowest BCUT2D eigenvalue weighted by Crippen LogP contribution is -1.95. The van der Waals surface area contributed by atoms with Crippen LogP contribution in [0.15, 0.2) is 35.9 Å². The summed E-state index contributed by atoms with van der Waals surface area (Å²) in [6.45, 7) is 11.1. The Hall–Kier alpha value is -1.82. The van der Waals surface area contributed by atoms with Crippen molar-refractivity contribution in [3.8, 4) is 11.1 Å². The highest BCUT2D eigenvalue weighted by atomic mass is 14.3. The first-order chi connectivity index (χ1) is 9.47. The van der Waals surface area contributed by atoms with Crippen LogP contribution in [0, 0.1) is 20.8 Å². The number of hydrogen-bond donors (Lipinski definition) is 0. The Morgan fingerprint density at radius 1 is 0.850 bits per heavy atom. The Labute approximate surface area is 122 Å². The number of fused-ring (bicyclic) bond motifs is 1. The molecular formula is C20H22. The van der Waals surface area contributed by atoms with Crippen molar-refractivity contribution in [1.29, 1.82) is 0 Å². The van der Waals surface area contributed by atoms with Gasteiger partial charge in [-0.25, -0.2) is 0 Å². The van der Waals surface area contributed by atoms with Gasteiger partial charge in [0.1, 0.15) is 0 Å². The summed E-state index contributed by atoms with van der Waals surface area (Å²) in [5.41, 5.74) is 11.2. The van der Waals surface area contributed by atoms with Gasteiger partial charge >= 0.3 is 0 Å². The molecule has 1 unspecified atom stereocenters. The summed E-state index contributed by atoms with van der Waals surface area (Å²) in [6.07, 6.45) is 2.38. The van der Waals surface area contributed by atoms with Gasteiger partial charge in [0, 0.05) is 5.92 Å². The van der Waals surface area contributed by atoms with Crippen LogP contribution in [0.1, 0.15) is 47.6 Å². The first kappa shape index (κ1) is 13.2. The zero-order chi connectivity index (χ0) is 14.4. The maximum Gasteiger partial charge on any atom is 0.00265 e. The van der Waals surface area contributed by atoms with Crippen LogP contribution in [0.3, 0.4) is 0 Å². The maximum absolute atomic E-state index is 2.38. The monoisotopic (exact) mass is 262 g/mol. The molecule has 0 saturated carbocycles. The molecule has 2 aromatic carbocycles. The second kappa shape index (κ2) is 4.63. The molecule has 3 rings (SSSR count). The summed E-state index contributed by atoms with van der Waals surface area (Å²) >= 11 is 0. The van der Waals surface area contributed by atoms with E-state index >= 15 is 0 Å². The van der Waals surface area contributed by atoms with Crippen LogP contribution in [0.2, 0.25) is 0 Å². The van der Waals surface area contributed by atoms with E-state index in [1.165, 1.54) is 44.5 Å². The van der Waals surface area contributed by atoms with Gasteiger partial charge in [-0.05, 0) is 55.5 Å². The van der Waals surface area contributed by atoms with E-state index in [9.17, 15) is 0 Å². The van der Waals surface area contributed by atoms with Crippen molar-refractivity contribution in [2.45, 2.75) is 40.5 Å². The molecule has 1 aliphatic carbocycles. The summed E-state index contributed by atoms with van der Waals surface area (Å²) in [5.74, 6) is 0.551. The van der Waals surface area contributed by atoms with E-state index in [0.29, 0.717) is 5.92 Å². The third kappa shape index (κ3) is 2.00. The van der Waals surface area contributed by atoms with E-state index in [2.05, 4.69) is 71.0 Å². The molecule has 1 atom stereocenters. The van der Waals surface area contributed by atoms with Crippen molar-refractivity contribution in [1.82, 2.24) is 0 Å². The first-order valence-electron chi connectivity index (χ1n) is 7.37. The third-order valence-corrected chi connectivity index (χ3v) is 4.52. The average molecular weight is 262 g/mol. The molecule has 0 aromatic heterocycles. The Kier molecular flexibility index (Phi) is 3.05. The van der Waals surface area contributed by atoms with Crippen LogP contribution in [0.4, 0.5) is 0 Å². The van der Waals surface area contributed by atoms with Gasteiger partial charge in [-0.1, -0.05) is 60.0 Å². The fourth-order valence-electron chi connectivity index (χ4n) is 3.38. The molecule has 0 saturated heterocycles. The Bertz CT molecular complexity index is 697. The minimum atomic E-state index is 0.551. The molecule has 0 heteroatoms. The van der Waals surface area contributed by atoms with E-state index in [0.717, 1.165) is 0 Å². The predicted octanol–water partition coefficient (Wildman–Crippen LogP) is 5.80. The predicted molar refractivity (Wildman–Crippen MR) is 88.2 cm³/mol. The third-order valence-electron chi connectivity index (χ3n) is 4.52. The standard InChI is InChI=1S/C20H22/c1-12-8-13(2)10-17(9-12)20-14(3)6-7-18-16(5)15(4)11-19(18)20/h6-11,16H,1-5H3. The highest BCUT2D eigenvalue weighted by Crippen LogP contribution is 2.42. The second-order valence-corrected chi connectivity index (χ2v) is 6.25. The van der Waals surface area contributed by atoms with Gasteiger partial charge in [0.05, 0.1) is 0 Å². The molecule has 0 aliphatic heterocycles. The van der Waals surface area contributed by atoms with Crippen LogP contribution in [0.5, 0.6) is 0 Å². The van der Waals surface area contributed by atoms with Gasteiger partial charge in [-0.15, -0.1) is 0 Å². The Morgan fingerprint density at radius 2 is 1.50 bits per heavy atom. The molecule has 0 heterocycles. The summed E-state index contributed by atoms with van der Waals surface area (Å²) in [6, 6.07) is 11.4. The summed E-state index contributed by atoms with van der Waals surface area (Å²) in [7, 11) is 0. The van der Waals surface area contributed by atoms with E-state index in [1.54, 1.807) is 0 Å². The van der Waals surface area contributed by atoms with Crippen LogP contribution < -0.4 is 0 Å². The largest absolute Gasteiger partial charge is 0.0655 e. The molecule has 1 aliphatic rings. The van der Waals surface area contributed by atoms with Crippen LogP contribution in [-0.4, -0.2) is 0 Å². The number of benzene rings is 2. The molecule has 20 heavy (non-hydrogen) atoms. The first-order valence-corrected chi connectivity index (χ1v) is 7.37. The molecule has 0 nitrogen and oxygen atoms in total. The van der Waals surface area contributed by atoms with Gasteiger partial charge in [0.2, 0.25) is 0 Å². The van der Waals surface area contributed by atoms with Crippen molar-refractivity contribution in [3.63, 3.8) is 0 Å². The molecule has 102 valence electrons. The number of hydrogen-bond acceptors (Lipinski definition) is 0. The van der Waals surface area contributed by atoms with Gasteiger partial charge in [-0.3, -0.25) is 0 Å². The Morgan fingerprint density at radius 3 is 2.15 bits per heavy atom. The van der Waals surface area contributed by atoms with Gasteiger partial charge in [0.15, 0.2) is 0 Å². The van der Waals surface area contributed by atoms with Crippen LogP contribution >= 0.6 is 0 Å². The van der Waals surface area contributed by atoms with E-state index in [1.807, 2.05) is 0 Å². The number of aryl methyl sites for hydroxylation is 3. The van der Waals surface area contributed by atoms with Crippen molar-refractivity contribution in [3.05, 3.63) is 63.7 Å². The lowest BCUT2D eigenvalue weighted by Gasteiger charge is -2.15. The van der Waals surface area contributed by atoms with E-state index < -0.39 is 0 Å². The van der Waals surface area contributed by atoms with E-state index in [-0.39, 0.29) is 0 Å². The molecule has 0 radical (unpaired) electrons. The van der Waals surface area contributed by atoms with Gasteiger partial charge in [0.25, 0.3) is 0 Å². The highest BCUT2D eigenvalue weighted by molar-refractivity contribution is 5.84. The molecule has 0 spiro atoms. The molecule has 2 aromatic rings. The molecular weight excluding hydrogens is 240 g/mol. The average Bonchev–Trinajstić information content (AvgIpc) is 2.63. The van der Waals surface area contributed by atoms with E-state index in [4.69, 9.17) is 0 Å². The highest BCUT2D eigenvalue weighted by Gasteiger charge is 2.22. The number of rotatable bonds is 1. The SMILES string of the molecule is CC1=Cc2c(ccc(C)c2-c2cc(C)cc(C)c2)C1C. The smallest absolute Gasteiger partial charge is 0.00265 e. The minimum Gasteiger partial charge on any atom is -0.0655 e. The van der Waals surface area contributed by atoms with Crippen LogP contribution in [0.25, 0.3) is 17.2 Å². The van der Waals surface area contributed by atoms with Crippen molar-refractivity contribution < 1.29 is 0 Å². The lowest BCUT2D eigenvalue weighted by molar-refractivity contribution is 0.921. The molecule has 0 amide bonds. The summed E-state index contributed by atoms with van der Waals surface area (Å²) in [4.78, 5) is 0. The summed E-state index contributed by atoms with van der Waals surface area (Å²) < 4.78 is 0. The maximum atomic E-state index is 2.38. The summed E-state index contributed by atoms with van der Waals surface area (Å²) in [5, 5.41) is 0. The molecule has 0 bridgehead atoms. The van der Waals surface area contributed by atoms with Crippen LogP contribution in [-0.2, 0) is 0 Å². The Balaban J connectivity index is 2.30. The zero-order valence-electron chi connectivity index (χ0n) is 13.0. The van der Waals surface area contributed by atoms with Gasteiger partial charge in [-0.2, -0.15) is 0 Å². The second-order valence-electron chi connectivity index (χ2n) is 6.25. The molecule has 0 fully saturated rings. The lowest BCUT2D eigenvalue weighted by atomic mass is 9.89. The zero-order valence-corrected chi connectivity index (χ0v) is 13.0. The van der Waals surface area contributed by atoms with Crippen molar-refractivity contribution in [2.24, 2.45) is 0 Å². The molecule has 0 N–H and O–H groups in total. The fourth-order valence-corrected chi connectivity index (χ4v) is 3.38. The van der Waals surface area contributed by atoms with Crippen molar-refractivity contribution >= 4 is 6.08 Å². The minimum absolute atomic E-state index is 0.551. The fraction of sp³-hybridized carbons (Fsp3) is 0.300. The quantitative estimate of drug-likeness (QED) is 0.609. The topological polar surface area (TPSA) is 0 Å². The normalized spacial score (nSPS) is 17.1. The number of allylic oxidation sites excluding steroid dienone is 1. The van der Waals surface area contributed by atoms with Gasteiger partial charge < -0.3 is 0 Å².